The Hall–Kier alpha value is -2.21. The lowest BCUT2D eigenvalue weighted by atomic mass is 10.1. The zero-order chi connectivity index (χ0) is 15.4. The summed E-state index contributed by atoms with van der Waals surface area (Å²) in [4.78, 5) is 21.4. The van der Waals surface area contributed by atoms with Gasteiger partial charge in [-0.05, 0) is 35.0 Å². The second-order valence-electron chi connectivity index (χ2n) is 4.46. The Morgan fingerprint density at radius 3 is 2.76 bits per heavy atom. The summed E-state index contributed by atoms with van der Waals surface area (Å²) in [5, 5.41) is 10.9. The summed E-state index contributed by atoms with van der Waals surface area (Å²) < 4.78 is 5.98. The number of carbonyl (C=O) groups is 1. The van der Waals surface area contributed by atoms with E-state index in [1.165, 1.54) is 6.07 Å². The zero-order valence-corrected chi connectivity index (χ0v) is 12.8. The van der Waals surface area contributed by atoms with E-state index < -0.39 is 4.92 Å². The molecule has 0 bridgehead atoms. The van der Waals surface area contributed by atoms with Gasteiger partial charge < -0.3 is 4.74 Å². The Bertz CT molecular complexity index is 700. The van der Waals surface area contributed by atoms with Gasteiger partial charge in [0.1, 0.15) is 16.8 Å². The van der Waals surface area contributed by atoms with Crippen LogP contribution in [0.25, 0.3) is 0 Å². The molecule has 0 unspecified atom stereocenters. The fraction of sp³-hybridized carbons (Fsp3) is 0.133. The van der Waals surface area contributed by atoms with Gasteiger partial charge in [-0.15, -0.1) is 0 Å². The van der Waals surface area contributed by atoms with Gasteiger partial charge in [-0.1, -0.05) is 23.8 Å². The molecule has 0 heterocycles. The molecule has 0 spiro atoms. The van der Waals surface area contributed by atoms with Gasteiger partial charge in [0.05, 0.1) is 10.5 Å². The molecule has 0 N–H and O–H groups in total. The van der Waals surface area contributed by atoms with Gasteiger partial charge in [0.2, 0.25) is 0 Å². The average molecular weight is 350 g/mol. The first-order valence-electron chi connectivity index (χ1n) is 6.13. The topological polar surface area (TPSA) is 69.4 Å². The Morgan fingerprint density at radius 2 is 2.10 bits per heavy atom. The van der Waals surface area contributed by atoms with Gasteiger partial charge in [-0.3, -0.25) is 14.9 Å². The Morgan fingerprint density at radius 1 is 1.33 bits per heavy atom. The van der Waals surface area contributed by atoms with E-state index >= 15 is 0 Å². The van der Waals surface area contributed by atoms with Gasteiger partial charge in [0, 0.05) is 11.6 Å². The van der Waals surface area contributed by atoms with Crippen LogP contribution in [-0.4, -0.2) is 11.2 Å². The van der Waals surface area contributed by atoms with Crippen molar-refractivity contribution in [3.8, 4) is 5.75 Å². The third-order valence-corrected chi connectivity index (χ3v) is 3.85. The van der Waals surface area contributed by atoms with E-state index in [2.05, 4.69) is 15.9 Å². The molecule has 0 saturated carbocycles. The number of rotatable bonds is 5. The molecule has 2 aromatic rings. The molecule has 6 heteroatoms. The normalized spacial score (nSPS) is 10.2. The number of aryl methyl sites for hydroxylation is 1. The number of hydrogen-bond acceptors (Lipinski definition) is 4. The van der Waals surface area contributed by atoms with E-state index in [4.69, 9.17) is 4.74 Å². The molecular formula is C15H12BrNO4. The van der Waals surface area contributed by atoms with Crippen molar-refractivity contribution in [2.75, 3.05) is 0 Å². The molecule has 21 heavy (non-hydrogen) atoms. The minimum atomic E-state index is -0.462. The van der Waals surface area contributed by atoms with Crippen LogP contribution in [0.1, 0.15) is 21.5 Å². The molecule has 2 aromatic carbocycles. The lowest BCUT2D eigenvalue weighted by Gasteiger charge is -2.10. The van der Waals surface area contributed by atoms with Crippen LogP contribution in [0.3, 0.4) is 0 Å². The number of ether oxygens (including phenoxy) is 1. The molecule has 2 rings (SSSR count). The highest BCUT2D eigenvalue weighted by Gasteiger charge is 2.15. The van der Waals surface area contributed by atoms with Crippen molar-refractivity contribution in [3.63, 3.8) is 0 Å². The van der Waals surface area contributed by atoms with E-state index in [0.29, 0.717) is 21.3 Å². The number of nitro groups is 1. The van der Waals surface area contributed by atoms with Gasteiger partial charge >= 0.3 is 0 Å². The summed E-state index contributed by atoms with van der Waals surface area (Å²) in [5.41, 5.74) is 2.04. The van der Waals surface area contributed by atoms with Crippen LogP contribution >= 0.6 is 15.9 Å². The number of halogens is 1. The third-order valence-electron chi connectivity index (χ3n) is 2.93. The number of nitro benzene ring substituents is 1. The quantitative estimate of drug-likeness (QED) is 0.463. The molecular weight excluding hydrogens is 338 g/mol. The van der Waals surface area contributed by atoms with Crippen molar-refractivity contribution in [3.05, 3.63) is 67.7 Å². The SMILES string of the molecule is Cc1ccc(OCc2cccc([N+](=O)[O-])c2Br)c(C=O)c1. The van der Waals surface area contributed by atoms with Crippen LogP contribution in [0.4, 0.5) is 5.69 Å². The van der Waals surface area contributed by atoms with Crippen molar-refractivity contribution in [2.24, 2.45) is 0 Å². The van der Waals surface area contributed by atoms with Crippen molar-refractivity contribution in [2.45, 2.75) is 13.5 Å². The molecule has 5 nitrogen and oxygen atoms in total. The van der Waals surface area contributed by atoms with E-state index in [1.807, 2.05) is 13.0 Å². The molecule has 0 radical (unpaired) electrons. The van der Waals surface area contributed by atoms with Crippen LogP contribution in [0.15, 0.2) is 40.9 Å². The first kappa shape index (κ1) is 15.2. The largest absolute Gasteiger partial charge is 0.488 e. The highest BCUT2D eigenvalue weighted by molar-refractivity contribution is 9.10. The van der Waals surface area contributed by atoms with Gasteiger partial charge in [0.15, 0.2) is 6.29 Å². The highest BCUT2D eigenvalue weighted by atomic mass is 79.9. The fourth-order valence-electron chi connectivity index (χ4n) is 1.87. The maximum atomic E-state index is 11.0. The molecule has 108 valence electrons. The highest BCUT2D eigenvalue weighted by Crippen LogP contribution is 2.29. The summed E-state index contributed by atoms with van der Waals surface area (Å²) >= 11 is 3.21. The molecule has 0 aliphatic heterocycles. The van der Waals surface area contributed by atoms with E-state index in [1.54, 1.807) is 24.3 Å². The van der Waals surface area contributed by atoms with Gasteiger partial charge in [-0.2, -0.15) is 0 Å². The first-order chi connectivity index (χ1) is 10.0. The van der Waals surface area contributed by atoms with Crippen molar-refractivity contribution >= 4 is 27.9 Å². The van der Waals surface area contributed by atoms with Crippen molar-refractivity contribution in [1.29, 1.82) is 0 Å². The van der Waals surface area contributed by atoms with E-state index in [0.717, 1.165) is 11.8 Å². The second-order valence-corrected chi connectivity index (χ2v) is 5.25. The van der Waals surface area contributed by atoms with Gasteiger partial charge in [0.25, 0.3) is 5.69 Å². The summed E-state index contributed by atoms with van der Waals surface area (Å²) in [6, 6.07) is 10.0. The minimum Gasteiger partial charge on any atom is -0.488 e. The van der Waals surface area contributed by atoms with Crippen LogP contribution in [0, 0.1) is 17.0 Å². The smallest absolute Gasteiger partial charge is 0.283 e. The third kappa shape index (κ3) is 3.46. The zero-order valence-electron chi connectivity index (χ0n) is 11.2. The maximum Gasteiger partial charge on any atom is 0.283 e. The second kappa shape index (κ2) is 6.49. The Labute approximate surface area is 129 Å². The number of aldehydes is 1. The number of hydrogen-bond donors (Lipinski definition) is 0. The van der Waals surface area contributed by atoms with E-state index in [-0.39, 0.29) is 12.3 Å². The molecule has 0 saturated heterocycles. The first-order valence-corrected chi connectivity index (χ1v) is 6.92. The van der Waals surface area contributed by atoms with Crippen LogP contribution in [-0.2, 0) is 6.61 Å². The Balaban J connectivity index is 2.23. The van der Waals surface area contributed by atoms with Crippen LogP contribution < -0.4 is 4.74 Å². The minimum absolute atomic E-state index is 0.0179. The standard InChI is InChI=1S/C15H12BrNO4/c1-10-5-6-14(12(7-10)8-18)21-9-11-3-2-4-13(15(11)16)17(19)20/h2-8H,9H2,1H3. The average Bonchev–Trinajstić information content (AvgIpc) is 2.46. The summed E-state index contributed by atoms with van der Waals surface area (Å²) in [7, 11) is 0. The maximum absolute atomic E-state index is 11.0. The van der Waals surface area contributed by atoms with E-state index in [9.17, 15) is 14.9 Å². The monoisotopic (exact) mass is 349 g/mol. The lowest BCUT2D eigenvalue weighted by Crippen LogP contribution is -2.01. The molecule has 0 aliphatic rings. The van der Waals surface area contributed by atoms with Crippen molar-refractivity contribution < 1.29 is 14.5 Å². The predicted molar refractivity (Wildman–Crippen MR) is 81.7 cm³/mol. The predicted octanol–water partition coefficient (Wildman–Crippen LogP) is 4.06. The van der Waals surface area contributed by atoms with Gasteiger partial charge in [-0.25, -0.2) is 0 Å². The van der Waals surface area contributed by atoms with Crippen LogP contribution in [0.2, 0.25) is 0 Å². The molecule has 0 fully saturated rings. The lowest BCUT2D eigenvalue weighted by molar-refractivity contribution is -0.385. The summed E-state index contributed by atoms with van der Waals surface area (Å²) in [6.07, 6.45) is 0.727. The summed E-state index contributed by atoms with van der Waals surface area (Å²) in [6.45, 7) is 2.01. The molecule has 0 aliphatic carbocycles. The number of nitrogens with zero attached hydrogens (tertiary/aromatic N) is 1. The van der Waals surface area contributed by atoms with Crippen molar-refractivity contribution in [1.82, 2.24) is 0 Å². The summed E-state index contributed by atoms with van der Waals surface area (Å²) in [5.74, 6) is 0.453. The molecule has 0 aromatic heterocycles. The number of benzene rings is 2. The molecule has 0 atom stereocenters. The fourth-order valence-corrected chi connectivity index (χ4v) is 2.39. The molecule has 0 amide bonds. The number of carbonyl (C=O) groups excluding carboxylic acids is 1. The Kier molecular flexibility index (Phi) is 4.70. The van der Waals surface area contributed by atoms with Crippen LogP contribution in [0.5, 0.6) is 5.75 Å².